The number of nitrogens with zero attached hydrogens (tertiary/aromatic N) is 6. The Morgan fingerprint density at radius 3 is 2.84 bits per heavy atom. The predicted molar refractivity (Wildman–Crippen MR) is 63.9 cm³/mol. The van der Waals surface area contributed by atoms with E-state index in [2.05, 4.69) is 20.5 Å². The molecule has 0 aromatic carbocycles. The smallest absolute Gasteiger partial charge is 0.311 e. The van der Waals surface area contributed by atoms with Crippen molar-refractivity contribution in [2.75, 3.05) is 0 Å². The lowest BCUT2D eigenvalue weighted by molar-refractivity contribution is -0.156. The van der Waals surface area contributed by atoms with Crippen LogP contribution in [0.4, 0.5) is 0 Å². The zero-order valence-corrected chi connectivity index (χ0v) is 10.5. The van der Waals surface area contributed by atoms with Gasteiger partial charge in [-0.25, -0.2) is 9.67 Å². The van der Waals surface area contributed by atoms with Crippen LogP contribution in [0.1, 0.15) is 19.3 Å². The Kier molecular flexibility index (Phi) is 2.58. The summed E-state index contributed by atoms with van der Waals surface area (Å²) in [7, 11) is 1.86. The summed E-state index contributed by atoms with van der Waals surface area (Å²) >= 11 is 0. The molecule has 0 radical (unpaired) electrons. The van der Waals surface area contributed by atoms with Gasteiger partial charge >= 0.3 is 5.97 Å². The maximum Gasteiger partial charge on any atom is 0.311 e. The fourth-order valence-corrected chi connectivity index (χ4v) is 2.35. The van der Waals surface area contributed by atoms with E-state index in [4.69, 9.17) is 0 Å². The van der Waals surface area contributed by atoms with Crippen LogP contribution in [0.15, 0.2) is 12.5 Å². The number of carboxylic acids is 1. The van der Waals surface area contributed by atoms with E-state index in [1.807, 2.05) is 7.05 Å². The molecule has 1 aliphatic carbocycles. The van der Waals surface area contributed by atoms with Crippen molar-refractivity contribution in [1.82, 2.24) is 29.8 Å². The highest BCUT2D eigenvalue weighted by Crippen LogP contribution is 2.42. The summed E-state index contributed by atoms with van der Waals surface area (Å²) in [6.07, 6.45) is 5.74. The summed E-state index contributed by atoms with van der Waals surface area (Å²) in [5.41, 5.74) is -0.0776. The minimum absolute atomic E-state index is 0.293. The third-order valence-electron chi connectivity index (χ3n) is 3.68. The van der Waals surface area contributed by atoms with Gasteiger partial charge in [-0.15, -0.1) is 5.10 Å². The first kappa shape index (κ1) is 11.8. The monoisotopic (exact) mass is 262 g/mol. The van der Waals surface area contributed by atoms with E-state index < -0.39 is 11.4 Å². The van der Waals surface area contributed by atoms with E-state index in [-0.39, 0.29) is 0 Å². The second kappa shape index (κ2) is 4.15. The van der Waals surface area contributed by atoms with Crippen molar-refractivity contribution in [3.8, 4) is 11.5 Å². The highest BCUT2D eigenvalue weighted by atomic mass is 16.4. The average Bonchev–Trinajstić information content (AvgIpc) is 2.91. The number of aliphatic carboxylic acids is 1. The van der Waals surface area contributed by atoms with Crippen molar-refractivity contribution < 1.29 is 9.90 Å². The molecule has 19 heavy (non-hydrogen) atoms. The molecule has 8 heteroatoms. The summed E-state index contributed by atoms with van der Waals surface area (Å²) < 4.78 is 3.33. The van der Waals surface area contributed by atoms with Crippen molar-refractivity contribution in [3.05, 3.63) is 12.5 Å². The van der Waals surface area contributed by atoms with Crippen molar-refractivity contribution in [3.63, 3.8) is 0 Å². The number of hydrogen-bond donors (Lipinski definition) is 1. The second-order valence-corrected chi connectivity index (χ2v) is 5.02. The van der Waals surface area contributed by atoms with E-state index in [0.717, 1.165) is 6.42 Å². The molecule has 3 rings (SSSR count). The van der Waals surface area contributed by atoms with E-state index in [0.29, 0.717) is 30.9 Å². The van der Waals surface area contributed by atoms with Crippen molar-refractivity contribution in [2.45, 2.75) is 25.8 Å². The average molecular weight is 262 g/mol. The molecule has 1 N–H and O–H groups in total. The molecule has 0 bridgehead atoms. The maximum absolute atomic E-state index is 11.4. The number of aromatic nitrogens is 6. The van der Waals surface area contributed by atoms with Crippen LogP contribution in [0.2, 0.25) is 0 Å². The highest BCUT2D eigenvalue weighted by molar-refractivity contribution is 5.75. The third-order valence-corrected chi connectivity index (χ3v) is 3.68. The van der Waals surface area contributed by atoms with E-state index in [9.17, 15) is 9.90 Å². The molecule has 0 aliphatic heterocycles. The Morgan fingerprint density at radius 2 is 2.32 bits per heavy atom. The molecule has 0 saturated heterocycles. The van der Waals surface area contributed by atoms with Crippen LogP contribution in [0, 0.1) is 5.41 Å². The number of aryl methyl sites for hydroxylation is 1. The van der Waals surface area contributed by atoms with Crippen LogP contribution in [0.5, 0.6) is 0 Å². The summed E-state index contributed by atoms with van der Waals surface area (Å²) in [6.45, 7) is 0.293. The zero-order chi connectivity index (χ0) is 13.5. The van der Waals surface area contributed by atoms with Gasteiger partial charge in [-0.3, -0.25) is 4.79 Å². The van der Waals surface area contributed by atoms with Crippen molar-refractivity contribution in [2.24, 2.45) is 12.5 Å². The molecule has 1 saturated carbocycles. The summed E-state index contributed by atoms with van der Waals surface area (Å²) in [5, 5.41) is 20.8. The van der Waals surface area contributed by atoms with Crippen LogP contribution < -0.4 is 0 Å². The molecule has 2 aromatic rings. The summed E-state index contributed by atoms with van der Waals surface area (Å²) in [5.74, 6) is -0.269. The zero-order valence-electron chi connectivity index (χ0n) is 10.5. The third kappa shape index (κ3) is 1.88. The molecule has 0 amide bonds. The first-order chi connectivity index (χ1) is 9.11. The van der Waals surface area contributed by atoms with E-state index >= 15 is 0 Å². The first-order valence-corrected chi connectivity index (χ1v) is 6.09. The number of carbonyl (C=O) groups is 1. The molecule has 0 atom stereocenters. The molecule has 0 spiro atoms. The van der Waals surface area contributed by atoms with Crippen molar-refractivity contribution in [1.29, 1.82) is 0 Å². The number of imidazole rings is 1. The molecule has 1 aliphatic rings. The number of hydrogen-bond acceptors (Lipinski definition) is 5. The Bertz CT molecular complexity index is 612. The summed E-state index contributed by atoms with van der Waals surface area (Å²) in [6, 6.07) is 0. The Labute approximate surface area is 109 Å². The molecule has 1 fully saturated rings. The number of tetrazole rings is 1. The SMILES string of the molecule is Cn1cnc(-c2nnnn2CC2(C(=O)O)CCC2)c1. The molecule has 2 heterocycles. The fourth-order valence-electron chi connectivity index (χ4n) is 2.35. The highest BCUT2D eigenvalue weighted by Gasteiger charge is 2.45. The Balaban J connectivity index is 1.90. The maximum atomic E-state index is 11.4. The van der Waals surface area contributed by atoms with Crippen LogP contribution in [-0.4, -0.2) is 40.8 Å². The summed E-state index contributed by atoms with van der Waals surface area (Å²) in [4.78, 5) is 15.6. The van der Waals surface area contributed by atoms with Crippen molar-refractivity contribution >= 4 is 5.97 Å². The molecule has 100 valence electrons. The molecular weight excluding hydrogens is 248 g/mol. The van der Waals surface area contributed by atoms with Gasteiger partial charge in [-0.05, 0) is 23.3 Å². The van der Waals surface area contributed by atoms with Gasteiger partial charge in [0.1, 0.15) is 5.69 Å². The van der Waals surface area contributed by atoms with Crippen LogP contribution >= 0.6 is 0 Å². The van der Waals surface area contributed by atoms with Gasteiger partial charge in [-0.1, -0.05) is 6.42 Å². The predicted octanol–water partition coefficient (Wildman–Crippen LogP) is 0.328. The lowest BCUT2D eigenvalue weighted by Crippen LogP contribution is -2.42. The van der Waals surface area contributed by atoms with Crippen LogP contribution in [0.3, 0.4) is 0 Å². The van der Waals surface area contributed by atoms with Gasteiger partial charge in [0.25, 0.3) is 0 Å². The van der Waals surface area contributed by atoms with Gasteiger partial charge < -0.3 is 9.67 Å². The lowest BCUT2D eigenvalue weighted by atomic mass is 9.69. The van der Waals surface area contributed by atoms with E-state index in [1.54, 1.807) is 17.1 Å². The van der Waals surface area contributed by atoms with Gasteiger partial charge in [0.15, 0.2) is 0 Å². The minimum Gasteiger partial charge on any atom is -0.481 e. The molecule has 2 aromatic heterocycles. The second-order valence-electron chi connectivity index (χ2n) is 5.02. The largest absolute Gasteiger partial charge is 0.481 e. The van der Waals surface area contributed by atoms with Gasteiger partial charge in [0.2, 0.25) is 5.82 Å². The quantitative estimate of drug-likeness (QED) is 0.852. The van der Waals surface area contributed by atoms with Gasteiger partial charge in [-0.2, -0.15) is 0 Å². The van der Waals surface area contributed by atoms with Gasteiger partial charge in [0.05, 0.1) is 18.3 Å². The lowest BCUT2D eigenvalue weighted by Gasteiger charge is -2.37. The molecule has 8 nitrogen and oxygen atoms in total. The van der Waals surface area contributed by atoms with Crippen LogP contribution in [-0.2, 0) is 18.4 Å². The molecule has 0 unspecified atom stereocenters. The normalized spacial score (nSPS) is 17.1. The van der Waals surface area contributed by atoms with Gasteiger partial charge in [0, 0.05) is 13.2 Å². The van der Waals surface area contributed by atoms with Crippen LogP contribution in [0.25, 0.3) is 11.5 Å². The minimum atomic E-state index is -0.777. The number of rotatable bonds is 4. The fraction of sp³-hybridized carbons (Fsp3) is 0.545. The number of carboxylic acid groups (broad SMARTS) is 1. The first-order valence-electron chi connectivity index (χ1n) is 6.09. The topological polar surface area (TPSA) is 98.7 Å². The standard InChI is InChI=1S/C11H14N6O2/c1-16-5-8(12-7-16)9-13-14-15-17(9)6-11(10(18)19)3-2-4-11/h5,7H,2-4,6H2,1H3,(H,18,19). The Morgan fingerprint density at radius 1 is 1.53 bits per heavy atom. The van der Waals surface area contributed by atoms with E-state index in [1.165, 1.54) is 4.68 Å². The Hall–Kier alpha value is -2.25. The molecular formula is C11H14N6O2.